The summed E-state index contributed by atoms with van der Waals surface area (Å²) < 4.78 is 15.5. The fraction of sp³-hybridized carbons (Fsp3) is 0.462. The van der Waals surface area contributed by atoms with Gasteiger partial charge in [-0.1, -0.05) is 0 Å². The Morgan fingerprint density at radius 2 is 1.61 bits per heavy atom. The molecule has 1 rings (SSSR count). The van der Waals surface area contributed by atoms with Gasteiger partial charge in [0.05, 0.1) is 13.3 Å². The Bertz CT molecular complexity index is 404. The third-order valence-corrected chi connectivity index (χ3v) is 4.03. The van der Waals surface area contributed by atoms with Gasteiger partial charge in [0.15, 0.2) is 14.2 Å². The topological polar surface area (TPSA) is 44.8 Å². The van der Waals surface area contributed by atoms with E-state index in [1.807, 2.05) is 26.0 Å². The Labute approximate surface area is 109 Å². The van der Waals surface area contributed by atoms with Crippen molar-refractivity contribution in [2.24, 2.45) is 0 Å². The molecule has 5 heteroatoms. The molecule has 0 heterocycles. The van der Waals surface area contributed by atoms with Crippen LogP contribution in [0.5, 0.6) is 5.75 Å². The van der Waals surface area contributed by atoms with Gasteiger partial charge in [0.1, 0.15) is 5.75 Å². The van der Waals surface area contributed by atoms with Crippen molar-refractivity contribution in [3.8, 4) is 5.75 Å². The molecule has 0 saturated carbocycles. The molecular formula is C13H19O4P. The minimum atomic E-state index is -1.13. The van der Waals surface area contributed by atoms with Crippen molar-refractivity contribution in [3.63, 3.8) is 0 Å². The fourth-order valence-corrected chi connectivity index (χ4v) is 2.67. The maximum absolute atomic E-state index is 12.1. The highest BCUT2D eigenvalue weighted by Crippen LogP contribution is 2.36. The van der Waals surface area contributed by atoms with Crippen molar-refractivity contribution >= 4 is 14.2 Å². The number of Topliss-reactive ketones (excluding diaryl/α,β-unsaturated/α-hetero) is 1. The number of rotatable bonds is 6. The maximum atomic E-state index is 12.1. The molecule has 18 heavy (non-hydrogen) atoms. The summed E-state index contributed by atoms with van der Waals surface area (Å²) in [4.78, 5) is 12.1. The Hall–Kier alpha value is -0.960. The first-order chi connectivity index (χ1) is 8.53. The van der Waals surface area contributed by atoms with Crippen LogP contribution in [0.4, 0.5) is 0 Å². The molecule has 0 saturated heterocycles. The van der Waals surface area contributed by atoms with Crippen LogP contribution in [0.15, 0.2) is 12.1 Å². The summed E-state index contributed by atoms with van der Waals surface area (Å²) in [6.45, 7) is 3.86. The number of carbonyl (C=O) groups excluding carboxylic acids is 1. The van der Waals surface area contributed by atoms with Gasteiger partial charge in [0.25, 0.3) is 0 Å². The average Bonchev–Trinajstić information content (AvgIpc) is 2.35. The van der Waals surface area contributed by atoms with Gasteiger partial charge in [-0.3, -0.25) is 4.79 Å². The normalized spacial score (nSPS) is 10.8. The van der Waals surface area contributed by atoms with Crippen LogP contribution in [0.3, 0.4) is 0 Å². The summed E-state index contributed by atoms with van der Waals surface area (Å²) in [6.07, 6.45) is 0.271. The minimum Gasteiger partial charge on any atom is -0.496 e. The van der Waals surface area contributed by atoms with E-state index in [4.69, 9.17) is 13.8 Å². The number of benzene rings is 1. The molecule has 1 aromatic carbocycles. The minimum absolute atomic E-state index is 0.0265. The highest BCUT2D eigenvalue weighted by molar-refractivity contribution is 7.48. The van der Waals surface area contributed by atoms with Crippen LogP contribution >= 0.6 is 8.38 Å². The number of methoxy groups -OCH3 is 1. The zero-order valence-corrected chi connectivity index (χ0v) is 12.3. The lowest BCUT2D eigenvalue weighted by molar-refractivity contribution is 0.101. The van der Waals surface area contributed by atoms with Crippen LogP contribution in [0, 0.1) is 13.8 Å². The molecule has 0 aromatic heterocycles. The van der Waals surface area contributed by atoms with Crippen LogP contribution in [-0.2, 0) is 9.05 Å². The number of ketones is 1. The molecular weight excluding hydrogens is 251 g/mol. The lowest BCUT2D eigenvalue weighted by Crippen LogP contribution is -2.07. The summed E-state index contributed by atoms with van der Waals surface area (Å²) in [5, 5.41) is 0. The molecule has 0 fully saturated rings. The van der Waals surface area contributed by atoms with Gasteiger partial charge in [0, 0.05) is 19.8 Å². The fourth-order valence-electron chi connectivity index (χ4n) is 1.85. The standard InChI is InChI=1S/C13H19O4P/c1-9-6-11(7-10(2)13(9)15-3)12(14)8-18(16-4)17-5/h6-7H,8H2,1-5H3. The summed E-state index contributed by atoms with van der Waals surface area (Å²) >= 11 is 0. The molecule has 0 radical (unpaired) electrons. The van der Waals surface area contributed by atoms with E-state index >= 15 is 0 Å². The van der Waals surface area contributed by atoms with E-state index in [1.165, 1.54) is 0 Å². The summed E-state index contributed by atoms with van der Waals surface area (Å²) in [6, 6.07) is 3.68. The quantitative estimate of drug-likeness (QED) is 0.588. The third-order valence-electron chi connectivity index (χ3n) is 2.67. The maximum Gasteiger partial charge on any atom is 0.178 e. The van der Waals surface area contributed by atoms with Gasteiger partial charge in [-0.05, 0) is 37.1 Å². The molecule has 0 aliphatic rings. The molecule has 0 unspecified atom stereocenters. The van der Waals surface area contributed by atoms with E-state index in [-0.39, 0.29) is 11.9 Å². The van der Waals surface area contributed by atoms with Crippen LogP contribution in [-0.4, -0.2) is 33.3 Å². The van der Waals surface area contributed by atoms with E-state index in [1.54, 1.807) is 21.3 Å². The van der Waals surface area contributed by atoms with E-state index in [9.17, 15) is 4.79 Å². The SMILES string of the molecule is COc1c(C)cc(C(=O)CP(OC)OC)cc1C. The van der Waals surface area contributed by atoms with Gasteiger partial charge in [-0.25, -0.2) is 0 Å². The van der Waals surface area contributed by atoms with Crippen LogP contribution < -0.4 is 4.74 Å². The number of carbonyl (C=O) groups is 1. The van der Waals surface area contributed by atoms with Crippen molar-refractivity contribution in [1.29, 1.82) is 0 Å². The Morgan fingerprint density at radius 1 is 1.11 bits per heavy atom. The molecule has 0 N–H and O–H groups in total. The van der Waals surface area contributed by atoms with E-state index < -0.39 is 8.38 Å². The lowest BCUT2D eigenvalue weighted by atomic mass is 10.0. The molecule has 0 bridgehead atoms. The van der Waals surface area contributed by atoms with Crippen molar-refractivity contribution < 1.29 is 18.6 Å². The Morgan fingerprint density at radius 3 is 2.00 bits per heavy atom. The molecule has 100 valence electrons. The van der Waals surface area contributed by atoms with Crippen molar-refractivity contribution in [3.05, 3.63) is 28.8 Å². The Balaban J connectivity index is 2.93. The second kappa shape index (κ2) is 6.83. The monoisotopic (exact) mass is 270 g/mol. The van der Waals surface area contributed by atoms with Crippen molar-refractivity contribution in [1.82, 2.24) is 0 Å². The number of hydrogen-bond donors (Lipinski definition) is 0. The molecule has 0 aliphatic carbocycles. The third kappa shape index (κ3) is 3.52. The zero-order valence-electron chi connectivity index (χ0n) is 11.4. The highest BCUT2D eigenvalue weighted by Gasteiger charge is 2.16. The second-order valence-corrected chi connectivity index (χ2v) is 5.63. The predicted octanol–water partition coefficient (Wildman–Crippen LogP) is 3.10. The first kappa shape index (κ1) is 15.1. The van der Waals surface area contributed by atoms with Crippen molar-refractivity contribution in [2.75, 3.05) is 27.5 Å². The molecule has 0 atom stereocenters. The number of ether oxygens (including phenoxy) is 1. The van der Waals surface area contributed by atoms with E-state index in [2.05, 4.69) is 0 Å². The largest absolute Gasteiger partial charge is 0.496 e. The van der Waals surface area contributed by atoms with Crippen LogP contribution in [0.25, 0.3) is 0 Å². The van der Waals surface area contributed by atoms with Gasteiger partial charge >= 0.3 is 0 Å². The summed E-state index contributed by atoms with van der Waals surface area (Å²) in [7, 11) is 3.60. The van der Waals surface area contributed by atoms with E-state index in [0.29, 0.717) is 5.56 Å². The molecule has 4 nitrogen and oxygen atoms in total. The number of hydrogen-bond acceptors (Lipinski definition) is 4. The van der Waals surface area contributed by atoms with Gasteiger partial charge in [0.2, 0.25) is 0 Å². The van der Waals surface area contributed by atoms with E-state index in [0.717, 1.165) is 16.9 Å². The first-order valence-electron chi connectivity index (χ1n) is 5.57. The summed E-state index contributed by atoms with van der Waals surface area (Å²) in [5.74, 6) is 0.853. The van der Waals surface area contributed by atoms with Crippen LogP contribution in [0.1, 0.15) is 21.5 Å². The summed E-state index contributed by atoms with van der Waals surface area (Å²) in [5.41, 5.74) is 2.59. The zero-order chi connectivity index (χ0) is 13.7. The predicted molar refractivity (Wildman–Crippen MR) is 72.6 cm³/mol. The lowest BCUT2D eigenvalue weighted by Gasteiger charge is -2.13. The average molecular weight is 270 g/mol. The smallest absolute Gasteiger partial charge is 0.178 e. The Kier molecular flexibility index (Phi) is 5.73. The molecule has 0 aliphatic heterocycles. The van der Waals surface area contributed by atoms with Gasteiger partial charge < -0.3 is 13.8 Å². The number of aryl methyl sites for hydroxylation is 2. The van der Waals surface area contributed by atoms with Crippen molar-refractivity contribution in [2.45, 2.75) is 13.8 Å². The van der Waals surface area contributed by atoms with Crippen LogP contribution in [0.2, 0.25) is 0 Å². The highest BCUT2D eigenvalue weighted by atomic mass is 31.2. The van der Waals surface area contributed by atoms with Gasteiger partial charge in [-0.15, -0.1) is 0 Å². The molecule has 0 spiro atoms. The first-order valence-corrected chi connectivity index (χ1v) is 6.94. The molecule has 1 aromatic rings. The second-order valence-electron chi connectivity index (χ2n) is 3.92. The van der Waals surface area contributed by atoms with Gasteiger partial charge in [-0.2, -0.15) is 0 Å². The molecule has 0 amide bonds.